The number of hydrogen-bond donors (Lipinski definition) is 0. The van der Waals surface area contributed by atoms with E-state index in [1.807, 2.05) is 17.0 Å². The second-order valence-corrected chi connectivity index (χ2v) is 5.70. The lowest BCUT2D eigenvalue weighted by Gasteiger charge is -2.25. The van der Waals surface area contributed by atoms with Gasteiger partial charge in [-0.25, -0.2) is 0 Å². The molecule has 0 N–H and O–H groups in total. The molecule has 96 valence electrons. The molecule has 1 saturated carbocycles. The molecule has 18 heavy (non-hydrogen) atoms. The first kappa shape index (κ1) is 11.8. The molecule has 1 aromatic carbocycles. The highest BCUT2D eigenvalue weighted by molar-refractivity contribution is 5.94. The highest BCUT2D eigenvalue weighted by atomic mass is 16.2. The number of carbonyl (C=O) groups excluding carboxylic acids is 1. The minimum Gasteiger partial charge on any atom is -0.339 e. The normalized spacial score (nSPS) is 19.9. The third-order valence-electron chi connectivity index (χ3n) is 4.34. The van der Waals surface area contributed by atoms with Gasteiger partial charge in [-0.3, -0.25) is 4.79 Å². The molecule has 1 heterocycles. The van der Waals surface area contributed by atoms with Gasteiger partial charge >= 0.3 is 0 Å². The van der Waals surface area contributed by atoms with Crippen LogP contribution in [0.4, 0.5) is 0 Å². The average Bonchev–Trinajstić information content (AvgIpc) is 2.87. The molecule has 2 nitrogen and oxygen atoms in total. The molecule has 2 heteroatoms. The van der Waals surface area contributed by atoms with Gasteiger partial charge in [-0.15, -0.1) is 0 Å². The summed E-state index contributed by atoms with van der Waals surface area (Å²) in [4.78, 5) is 14.1. The van der Waals surface area contributed by atoms with E-state index in [0.717, 1.165) is 37.4 Å². The summed E-state index contributed by atoms with van der Waals surface area (Å²) < 4.78 is 0. The van der Waals surface area contributed by atoms with Crippen LogP contribution in [-0.2, 0) is 6.42 Å². The number of carbonyl (C=O) groups is 1. The molecule has 1 saturated heterocycles. The Labute approximate surface area is 109 Å². The molecule has 2 aliphatic rings. The van der Waals surface area contributed by atoms with E-state index in [1.54, 1.807) is 0 Å². The van der Waals surface area contributed by atoms with Crippen molar-refractivity contribution in [2.45, 2.75) is 38.5 Å². The number of benzene rings is 1. The van der Waals surface area contributed by atoms with Crippen LogP contribution in [0.2, 0.25) is 0 Å². The van der Waals surface area contributed by atoms with Gasteiger partial charge in [0.05, 0.1) is 0 Å². The second kappa shape index (κ2) is 5.13. The van der Waals surface area contributed by atoms with Crippen LogP contribution in [0.5, 0.6) is 0 Å². The van der Waals surface area contributed by atoms with Gasteiger partial charge in [-0.05, 0) is 42.9 Å². The maximum Gasteiger partial charge on any atom is 0.253 e. The van der Waals surface area contributed by atoms with Gasteiger partial charge in [0.2, 0.25) is 0 Å². The Morgan fingerprint density at radius 3 is 2.28 bits per heavy atom. The summed E-state index contributed by atoms with van der Waals surface area (Å²) in [5.74, 6) is 1.10. The SMILES string of the molecule is O=C(c1ccc(CC2CCC2)cc1)N1CCCC1. The molecule has 1 aliphatic carbocycles. The van der Waals surface area contributed by atoms with E-state index in [1.165, 1.54) is 31.2 Å². The molecule has 0 spiro atoms. The number of hydrogen-bond acceptors (Lipinski definition) is 1. The van der Waals surface area contributed by atoms with Crippen LogP contribution < -0.4 is 0 Å². The fourth-order valence-electron chi connectivity index (χ4n) is 2.92. The molecule has 0 atom stereocenters. The molecular weight excluding hydrogens is 222 g/mol. The lowest BCUT2D eigenvalue weighted by molar-refractivity contribution is 0.0793. The fourth-order valence-corrected chi connectivity index (χ4v) is 2.92. The number of rotatable bonds is 3. The van der Waals surface area contributed by atoms with E-state index in [-0.39, 0.29) is 5.91 Å². The van der Waals surface area contributed by atoms with E-state index in [2.05, 4.69) is 12.1 Å². The van der Waals surface area contributed by atoms with Crippen molar-refractivity contribution in [2.75, 3.05) is 13.1 Å². The van der Waals surface area contributed by atoms with E-state index in [4.69, 9.17) is 0 Å². The van der Waals surface area contributed by atoms with Crippen LogP contribution in [0.25, 0.3) is 0 Å². The van der Waals surface area contributed by atoms with E-state index >= 15 is 0 Å². The molecule has 1 aliphatic heterocycles. The molecule has 0 aromatic heterocycles. The van der Waals surface area contributed by atoms with Crippen LogP contribution in [0, 0.1) is 5.92 Å². The second-order valence-electron chi connectivity index (χ2n) is 5.70. The topological polar surface area (TPSA) is 20.3 Å². The Kier molecular flexibility index (Phi) is 3.35. The lowest BCUT2D eigenvalue weighted by atomic mass is 9.81. The fraction of sp³-hybridized carbons (Fsp3) is 0.562. The molecule has 0 unspecified atom stereocenters. The summed E-state index contributed by atoms with van der Waals surface area (Å²) in [6, 6.07) is 8.30. The third kappa shape index (κ3) is 2.43. The van der Waals surface area contributed by atoms with E-state index in [0.29, 0.717) is 0 Å². The highest BCUT2D eigenvalue weighted by Crippen LogP contribution is 2.29. The summed E-state index contributed by atoms with van der Waals surface area (Å²) in [6.07, 6.45) is 7.67. The Hall–Kier alpha value is -1.31. The lowest BCUT2D eigenvalue weighted by Crippen LogP contribution is -2.27. The Bertz CT molecular complexity index is 413. The van der Waals surface area contributed by atoms with Crippen LogP contribution in [0.1, 0.15) is 48.0 Å². The number of likely N-dealkylation sites (tertiary alicyclic amines) is 1. The molecule has 2 fully saturated rings. The van der Waals surface area contributed by atoms with Crippen molar-refractivity contribution in [3.05, 3.63) is 35.4 Å². The first-order chi connectivity index (χ1) is 8.83. The van der Waals surface area contributed by atoms with Gasteiger partial charge in [0.15, 0.2) is 0 Å². The first-order valence-electron chi connectivity index (χ1n) is 7.21. The minimum absolute atomic E-state index is 0.211. The average molecular weight is 243 g/mol. The molecule has 1 amide bonds. The van der Waals surface area contributed by atoms with Crippen molar-refractivity contribution >= 4 is 5.91 Å². The first-order valence-corrected chi connectivity index (χ1v) is 7.21. The van der Waals surface area contributed by atoms with Crippen molar-refractivity contribution in [3.63, 3.8) is 0 Å². The van der Waals surface area contributed by atoms with Crippen molar-refractivity contribution in [2.24, 2.45) is 5.92 Å². The van der Waals surface area contributed by atoms with Crippen LogP contribution in [0.15, 0.2) is 24.3 Å². The molecular formula is C16H21NO. The maximum atomic E-state index is 12.2. The van der Waals surface area contributed by atoms with Crippen molar-refractivity contribution in [3.8, 4) is 0 Å². The largest absolute Gasteiger partial charge is 0.339 e. The summed E-state index contributed by atoms with van der Waals surface area (Å²) in [7, 11) is 0. The molecule has 3 rings (SSSR count). The van der Waals surface area contributed by atoms with Gasteiger partial charge in [-0.2, -0.15) is 0 Å². The zero-order valence-corrected chi connectivity index (χ0v) is 10.9. The highest BCUT2D eigenvalue weighted by Gasteiger charge is 2.20. The van der Waals surface area contributed by atoms with Gasteiger partial charge in [0.1, 0.15) is 0 Å². The zero-order valence-electron chi connectivity index (χ0n) is 10.9. The summed E-state index contributed by atoms with van der Waals surface area (Å²) in [5, 5.41) is 0. The van der Waals surface area contributed by atoms with Crippen molar-refractivity contribution in [1.29, 1.82) is 0 Å². The van der Waals surface area contributed by atoms with E-state index in [9.17, 15) is 4.79 Å². The van der Waals surface area contributed by atoms with Crippen molar-refractivity contribution < 1.29 is 4.79 Å². The molecule has 0 radical (unpaired) electrons. The van der Waals surface area contributed by atoms with Gasteiger partial charge in [0.25, 0.3) is 5.91 Å². The Morgan fingerprint density at radius 2 is 1.72 bits per heavy atom. The summed E-state index contributed by atoms with van der Waals surface area (Å²) >= 11 is 0. The molecule has 0 bridgehead atoms. The van der Waals surface area contributed by atoms with Gasteiger partial charge < -0.3 is 4.90 Å². The van der Waals surface area contributed by atoms with Crippen molar-refractivity contribution in [1.82, 2.24) is 4.90 Å². The maximum absolute atomic E-state index is 12.2. The van der Waals surface area contributed by atoms with Gasteiger partial charge in [0, 0.05) is 18.7 Å². The Morgan fingerprint density at radius 1 is 1.06 bits per heavy atom. The van der Waals surface area contributed by atoms with Crippen LogP contribution >= 0.6 is 0 Å². The summed E-state index contributed by atoms with van der Waals surface area (Å²) in [5.41, 5.74) is 2.24. The molecule has 1 aromatic rings. The predicted octanol–water partition coefficient (Wildman–Crippen LogP) is 3.27. The smallest absolute Gasteiger partial charge is 0.253 e. The number of nitrogens with zero attached hydrogens (tertiary/aromatic N) is 1. The van der Waals surface area contributed by atoms with Crippen LogP contribution in [-0.4, -0.2) is 23.9 Å². The number of amides is 1. The zero-order chi connectivity index (χ0) is 12.4. The van der Waals surface area contributed by atoms with Crippen LogP contribution in [0.3, 0.4) is 0 Å². The minimum atomic E-state index is 0.211. The predicted molar refractivity (Wildman–Crippen MR) is 72.6 cm³/mol. The van der Waals surface area contributed by atoms with Gasteiger partial charge in [-0.1, -0.05) is 31.4 Å². The summed E-state index contributed by atoms with van der Waals surface area (Å²) in [6.45, 7) is 1.87. The van der Waals surface area contributed by atoms with E-state index < -0.39 is 0 Å². The Balaban J connectivity index is 1.64. The standard InChI is InChI=1S/C16H21NO/c18-16(17-10-1-2-11-17)15-8-6-14(7-9-15)12-13-4-3-5-13/h6-9,13H,1-5,10-12H2. The quantitative estimate of drug-likeness (QED) is 0.798. The monoisotopic (exact) mass is 243 g/mol. The third-order valence-corrected chi connectivity index (χ3v) is 4.34.